The summed E-state index contributed by atoms with van der Waals surface area (Å²) in [6, 6.07) is 0. The van der Waals surface area contributed by atoms with Crippen LogP contribution in [0.3, 0.4) is 0 Å². The van der Waals surface area contributed by atoms with Crippen LogP contribution in [-0.4, -0.2) is 23.0 Å². The topological polar surface area (TPSA) is 72.8 Å². The van der Waals surface area contributed by atoms with Gasteiger partial charge in [-0.15, -0.1) is 12.5 Å². The molecule has 1 aromatic carbocycles. The molecule has 126 valence electrons. The van der Waals surface area contributed by atoms with Crippen LogP contribution in [-0.2, 0) is 9.53 Å². The molecule has 0 amide bonds. The average Bonchev–Trinajstić information content (AvgIpc) is 2.66. The van der Waals surface area contributed by atoms with Gasteiger partial charge in [-0.1, -0.05) is 18.5 Å². The summed E-state index contributed by atoms with van der Waals surface area (Å²) in [5.41, 5.74) is 1.28. The second-order valence-electron chi connectivity index (χ2n) is 5.92. The molecule has 0 bridgehead atoms. The number of allylic oxidation sites excluding steroid dienone is 1. The number of ketones is 1. The fraction of sp³-hybridized carbons (Fsp3) is 0.353. The number of Topliss-reactive ketones (excluding diaryl/α,β-unsaturated/α-hetero) is 1. The van der Waals surface area contributed by atoms with Crippen molar-refractivity contribution in [3.63, 3.8) is 0 Å². The van der Waals surface area contributed by atoms with Crippen molar-refractivity contribution in [1.29, 1.82) is 0 Å². The van der Waals surface area contributed by atoms with E-state index in [1.165, 1.54) is 0 Å². The second-order valence-corrected chi connectivity index (χ2v) is 6.30. The van der Waals surface area contributed by atoms with Crippen LogP contribution in [0.2, 0.25) is 5.02 Å². The Hall–Kier alpha value is -0.815. The van der Waals surface area contributed by atoms with E-state index in [1.807, 2.05) is 6.92 Å². The van der Waals surface area contributed by atoms with Gasteiger partial charge in [-0.2, -0.15) is 6.42 Å². The Bertz CT molecular complexity index is 784. The maximum Gasteiger partial charge on any atom is 0.345 e. The van der Waals surface area contributed by atoms with Gasteiger partial charge >= 0.3 is 5.97 Å². The Labute approximate surface area is 177 Å². The SMILES string of the molecule is CC1=C2OC(=O)c3c(C)c(Cl)c(O)c(C)c3O[C@@H]2[C@H](C)[CH-]C1=O.[Th]. The van der Waals surface area contributed by atoms with E-state index in [9.17, 15) is 14.7 Å². The molecule has 5 nitrogen and oxygen atoms in total. The molecule has 0 aromatic heterocycles. The van der Waals surface area contributed by atoms with Gasteiger partial charge in [0, 0.05) is 51.3 Å². The predicted molar refractivity (Wildman–Crippen MR) is 83.6 cm³/mol. The first kappa shape index (κ1) is 19.5. The minimum atomic E-state index is -0.638. The van der Waals surface area contributed by atoms with Crippen LogP contribution in [0.4, 0.5) is 0 Å². The normalized spacial score (nSPS) is 22.4. The fourth-order valence-electron chi connectivity index (χ4n) is 2.91. The summed E-state index contributed by atoms with van der Waals surface area (Å²) < 4.78 is 11.5. The first-order valence-corrected chi connectivity index (χ1v) is 7.62. The summed E-state index contributed by atoms with van der Waals surface area (Å²) in [5, 5.41) is 10.2. The van der Waals surface area contributed by atoms with Crippen molar-refractivity contribution in [3.8, 4) is 11.5 Å². The van der Waals surface area contributed by atoms with Gasteiger partial charge in [0.05, 0.1) is 10.8 Å². The number of aromatic hydroxyl groups is 1. The van der Waals surface area contributed by atoms with Crippen LogP contribution in [0, 0.1) is 66.1 Å². The molecule has 1 N–H and O–H groups in total. The molecular weight excluding hydrogens is 552 g/mol. The van der Waals surface area contributed by atoms with Gasteiger partial charge in [-0.25, -0.2) is 4.79 Å². The fourth-order valence-corrected chi connectivity index (χ4v) is 3.14. The first-order chi connectivity index (χ1) is 10.7. The molecular formula is C17H16ClO5Th-. The number of ether oxygens (including phenoxy) is 2. The molecule has 1 aliphatic carbocycles. The van der Waals surface area contributed by atoms with Gasteiger partial charge in [0.15, 0.2) is 0 Å². The van der Waals surface area contributed by atoms with Crippen molar-refractivity contribution in [2.45, 2.75) is 33.8 Å². The number of esters is 1. The molecule has 1 aliphatic heterocycles. The number of fused-ring (bicyclic) bond motifs is 2. The zero-order valence-corrected chi connectivity index (χ0v) is 18.6. The number of benzene rings is 1. The third-order valence-corrected chi connectivity index (χ3v) is 4.84. The Morgan fingerprint density at radius 1 is 1.17 bits per heavy atom. The van der Waals surface area contributed by atoms with Crippen LogP contribution in [0.1, 0.15) is 35.3 Å². The quantitative estimate of drug-likeness (QED) is 0.385. The van der Waals surface area contributed by atoms with Crippen LogP contribution in [0.15, 0.2) is 11.3 Å². The molecule has 24 heavy (non-hydrogen) atoms. The molecule has 7 heteroatoms. The summed E-state index contributed by atoms with van der Waals surface area (Å²) in [7, 11) is 0. The van der Waals surface area contributed by atoms with Crippen LogP contribution < -0.4 is 4.74 Å². The van der Waals surface area contributed by atoms with E-state index in [1.54, 1.807) is 27.2 Å². The summed E-state index contributed by atoms with van der Waals surface area (Å²) in [6.07, 6.45) is 0.942. The molecule has 0 saturated carbocycles. The number of phenols is 1. The maximum absolute atomic E-state index is 12.6. The molecule has 0 saturated heterocycles. The Morgan fingerprint density at radius 2 is 1.79 bits per heavy atom. The van der Waals surface area contributed by atoms with Gasteiger partial charge < -0.3 is 19.4 Å². The van der Waals surface area contributed by atoms with Crippen molar-refractivity contribution in [1.82, 2.24) is 0 Å². The van der Waals surface area contributed by atoms with Crippen molar-refractivity contribution in [2.24, 2.45) is 5.92 Å². The first-order valence-electron chi connectivity index (χ1n) is 7.24. The van der Waals surface area contributed by atoms with E-state index in [0.717, 1.165) is 0 Å². The number of hydrogen-bond donors (Lipinski definition) is 1. The van der Waals surface area contributed by atoms with Crippen molar-refractivity contribution in [3.05, 3.63) is 39.5 Å². The van der Waals surface area contributed by atoms with Crippen molar-refractivity contribution >= 4 is 23.4 Å². The van der Waals surface area contributed by atoms with E-state index in [4.69, 9.17) is 21.1 Å². The standard InChI is InChI=1S/C17H16ClO5.Th/c1-6-5-10(19)7(2)16-14(6)22-15-9(4)13(20)12(18)8(3)11(15)17(21)23-16;/h5-6,14,20H,1-4H3;/q-1;/t6-,14-;/m1./s1. The predicted octanol–water partition coefficient (Wildman–Crippen LogP) is 3.28. The summed E-state index contributed by atoms with van der Waals surface area (Å²) in [5.74, 6) is -0.736. The molecule has 0 unspecified atom stereocenters. The average molecular weight is 568 g/mol. The van der Waals surface area contributed by atoms with Gasteiger partial charge in [0.25, 0.3) is 0 Å². The largest absolute Gasteiger partial charge is 0.506 e. The van der Waals surface area contributed by atoms with E-state index < -0.39 is 12.1 Å². The van der Waals surface area contributed by atoms with Gasteiger partial charge in [-0.3, -0.25) is 0 Å². The molecule has 1 aromatic rings. The van der Waals surface area contributed by atoms with E-state index in [2.05, 4.69) is 0 Å². The van der Waals surface area contributed by atoms with Gasteiger partial charge in [0.2, 0.25) is 0 Å². The zero-order valence-electron chi connectivity index (χ0n) is 13.7. The number of rotatable bonds is 0. The van der Waals surface area contributed by atoms with Crippen molar-refractivity contribution in [2.75, 3.05) is 0 Å². The van der Waals surface area contributed by atoms with Crippen LogP contribution in [0.5, 0.6) is 11.5 Å². The smallest absolute Gasteiger partial charge is 0.345 e. The molecule has 1 heterocycles. The molecule has 3 rings (SSSR count). The minimum Gasteiger partial charge on any atom is -0.506 e. The van der Waals surface area contributed by atoms with E-state index in [-0.39, 0.29) is 79.5 Å². The Balaban J connectivity index is 0.00000208. The van der Waals surface area contributed by atoms with Crippen LogP contribution in [0.25, 0.3) is 0 Å². The summed E-state index contributed by atoms with van der Waals surface area (Å²) in [6.45, 7) is 6.65. The zero-order chi connectivity index (χ0) is 17.0. The summed E-state index contributed by atoms with van der Waals surface area (Å²) >= 11 is 6.09. The Morgan fingerprint density at radius 3 is 2.42 bits per heavy atom. The molecule has 2 aliphatic rings. The monoisotopic (exact) mass is 567 g/mol. The summed E-state index contributed by atoms with van der Waals surface area (Å²) in [4.78, 5) is 24.5. The maximum atomic E-state index is 12.6. The van der Waals surface area contributed by atoms with E-state index >= 15 is 0 Å². The molecule has 0 radical (unpaired) electrons. The van der Waals surface area contributed by atoms with Gasteiger partial charge in [-0.05, 0) is 25.3 Å². The van der Waals surface area contributed by atoms with Crippen molar-refractivity contribution < 1.29 is 64.1 Å². The number of phenolic OH excluding ortho intramolecular Hbond substituents is 1. The molecule has 2 atom stereocenters. The number of carbonyl (C=O) groups is 2. The number of hydrogen-bond acceptors (Lipinski definition) is 5. The minimum absolute atomic E-state index is 0. The second kappa shape index (κ2) is 6.83. The number of halogens is 1. The van der Waals surface area contributed by atoms with Gasteiger partial charge in [0.1, 0.15) is 23.2 Å². The van der Waals surface area contributed by atoms with Crippen LogP contribution >= 0.6 is 11.6 Å². The molecule has 0 fully saturated rings. The van der Waals surface area contributed by atoms with E-state index in [0.29, 0.717) is 16.7 Å². The molecule has 0 spiro atoms. The Kier molecular flexibility index (Phi) is 5.55. The number of carbonyl (C=O) groups excluding carboxylic acids is 2. The third kappa shape index (κ3) is 2.83. The third-order valence-electron chi connectivity index (χ3n) is 4.38.